The SMILES string of the molecule is CN(C)[C@H](CNS(=O)(=O)Cc1cc(Cl)cc(Cl)c1)c1cccs1. The molecule has 0 saturated carbocycles. The predicted molar refractivity (Wildman–Crippen MR) is 97.8 cm³/mol. The van der Waals surface area contributed by atoms with E-state index in [1.807, 2.05) is 36.5 Å². The van der Waals surface area contributed by atoms with E-state index >= 15 is 0 Å². The molecule has 0 unspecified atom stereocenters. The molecule has 0 aliphatic rings. The molecule has 0 aliphatic heterocycles. The highest BCUT2D eigenvalue weighted by Gasteiger charge is 2.19. The second-order valence-corrected chi connectivity index (χ2v) is 9.04. The molecule has 0 fully saturated rings. The van der Waals surface area contributed by atoms with Crippen LogP contribution >= 0.6 is 34.5 Å². The van der Waals surface area contributed by atoms with Crippen LogP contribution in [-0.2, 0) is 15.8 Å². The number of halogens is 2. The Morgan fingerprint density at radius 1 is 1.22 bits per heavy atom. The summed E-state index contributed by atoms with van der Waals surface area (Å²) in [5.41, 5.74) is 0.563. The molecule has 1 aromatic carbocycles. The van der Waals surface area contributed by atoms with E-state index in [1.165, 1.54) is 0 Å². The molecule has 8 heteroatoms. The molecule has 1 N–H and O–H groups in total. The third-order valence-corrected chi connectivity index (χ3v) is 6.00. The fraction of sp³-hybridized carbons (Fsp3) is 0.333. The highest BCUT2D eigenvalue weighted by atomic mass is 35.5. The third kappa shape index (κ3) is 5.74. The molecule has 2 rings (SSSR count). The van der Waals surface area contributed by atoms with Crippen molar-refractivity contribution in [2.75, 3.05) is 20.6 Å². The molecular formula is C15H18Cl2N2O2S2. The molecule has 1 atom stereocenters. The fourth-order valence-corrected chi connectivity index (χ4v) is 4.80. The lowest BCUT2D eigenvalue weighted by Gasteiger charge is -2.23. The summed E-state index contributed by atoms with van der Waals surface area (Å²) in [6.07, 6.45) is 0. The largest absolute Gasteiger partial charge is 0.300 e. The van der Waals surface area contributed by atoms with Crippen LogP contribution in [0.25, 0.3) is 0 Å². The van der Waals surface area contributed by atoms with Gasteiger partial charge in [0.05, 0.1) is 11.8 Å². The van der Waals surface area contributed by atoms with Crippen molar-refractivity contribution in [1.29, 1.82) is 0 Å². The lowest BCUT2D eigenvalue weighted by atomic mass is 10.2. The van der Waals surface area contributed by atoms with E-state index in [1.54, 1.807) is 29.5 Å². The number of hydrogen-bond donors (Lipinski definition) is 1. The van der Waals surface area contributed by atoms with Gasteiger partial charge < -0.3 is 4.90 Å². The van der Waals surface area contributed by atoms with Crippen LogP contribution < -0.4 is 4.72 Å². The number of thiophene rings is 1. The summed E-state index contributed by atoms with van der Waals surface area (Å²) in [5.74, 6) is -0.155. The number of nitrogens with one attached hydrogen (secondary N) is 1. The van der Waals surface area contributed by atoms with Gasteiger partial charge in [0, 0.05) is 21.5 Å². The number of nitrogens with zero attached hydrogens (tertiary/aromatic N) is 1. The Morgan fingerprint density at radius 2 is 1.87 bits per heavy atom. The minimum Gasteiger partial charge on any atom is -0.300 e. The van der Waals surface area contributed by atoms with Gasteiger partial charge in [0.2, 0.25) is 10.0 Å². The first-order chi connectivity index (χ1) is 10.8. The van der Waals surface area contributed by atoms with Crippen LogP contribution in [0.2, 0.25) is 10.0 Å². The fourth-order valence-electron chi connectivity index (χ4n) is 2.19. The summed E-state index contributed by atoms with van der Waals surface area (Å²) >= 11 is 13.4. The zero-order valence-electron chi connectivity index (χ0n) is 12.8. The van der Waals surface area contributed by atoms with Crippen molar-refractivity contribution in [1.82, 2.24) is 9.62 Å². The monoisotopic (exact) mass is 392 g/mol. The minimum absolute atomic E-state index is 0.00674. The lowest BCUT2D eigenvalue weighted by molar-refractivity contribution is 0.303. The van der Waals surface area contributed by atoms with Crippen molar-refractivity contribution < 1.29 is 8.42 Å². The minimum atomic E-state index is -3.48. The van der Waals surface area contributed by atoms with Gasteiger partial charge in [0.25, 0.3) is 0 Å². The summed E-state index contributed by atoms with van der Waals surface area (Å²) < 4.78 is 27.3. The highest BCUT2D eigenvalue weighted by Crippen LogP contribution is 2.23. The van der Waals surface area contributed by atoms with Crippen LogP contribution in [0.1, 0.15) is 16.5 Å². The van der Waals surface area contributed by atoms with Crippen LogP contribution in [0.15, 0.2) is 35.7 Å². The van der Waals surface area contributed by atoms with Gasteiger partial charge in [-0.15, -0.1) is 11.3 Å². The zero-order valence-corrected chi connectivity index (χ0v) is 15.9. The molecule has 1 aromatic heterocycles. The van der Waals surface area contributed by atoms with Gasteiger partial charge >= 0.3 is 0 Å². The maximum Gasteiger partial charge on any atom is 0.215 e. The first kappa shape index (κ1) is 18.7. The van der Waals surface area contributed by atoms with E-state index in [0.29, 0.717) is 22.2 Å². The smallest absolute Gasteiger partial charge is 0.215 e. The Hall–Kier alpha value is -0.630. The van der Waals surface area contributed by atoms with Gasteiger partial charge in [-0.2, -0.15) is 0 Å². The second kappa shape index (κ2) is 7.96. The van der Waals surface area contributed by atoms with Crippen LogP contribution in [0.5, 0.6) is 0 Å². The Kier molecular flexibility index (Phi) is 6.48. The normalized spacial score (nSPS) is 13.4. The Bertz CT molecular complexity index is 727. The van der Waals surface area contributed by atoms with E-state index in [9.17, 15) is 8.42 Å². The summed E-state index contributed by atoms with van der Waals surface area (Å²) in [7, 11) is 0.375. The zero-order chi connectivity index (χ0) is 17.0. The van der Waals surface area contributed by atoms with Crippen molar-refractivity contribution in [3.63, 3.8) is 0 Å². The average molecular weight is 393 g/mol. The van der Waals surface area contributed by atoms with E-state index in [2.05, 4.69) is 4.72 Å². The maximum absolute atomic E-state index is 12.3. The number of likely N-dealkylation sites (N-methyl/N-ethyl adjacent to an activating group) is 1. The summed E-state index contributed by atoms with van der Waals surface area (Å²) in [4.78, 5) is 3.11. The van der Waals surface area contributed by atoms with E-state index in [-0.39, 0.29) is 11.8 Å². The van der Waals surface area contributed by atoms with Gasteiger partial charge in [-0.25, -0.2) is 13.1 Å². The van der Waals surface area contributed by atoms with E-state index in [4.69, 9.17) is 23.2 Å². The average Bonchev–Trinajstić information content (AvgIpc) is 2.90. The van der Waals surface area contributed by atoms with Crippen molar-refractivity contribution in [2.45, 2.75) is 11.8 Å². The molecule has 126 valence electrons. The first-order valence-electron chi connectivity index (χ1n) is 6.89. The van der Waals surface area contributed by atoms with Crippen molar-refractivity contribution in [2.24, 2.45) is 0 Å². The predicted octanol–water partition coefficient (Wildman–Crippen LogP) is 3.78. The number of rotatable bonds is 7. The first-order valence-corrected chi connectivity index (χ1v) is 10.2. The van der Waals surface area contributed by atoms with Gasteiger partial charge in [-0.05, 0) is 49.3 Å². The second-order valence-electron chi connectivity index (χ2n) is 5.38. The Morgan fingerprint density at radius 3 is 2.39 bits per heavy atom. The molecule has 0 saturated heterocycles. The quantitative estimate of drug-likeness (QED) is 0.779. The molecule has 1 heterocycles. The van der Waals surface area contributed by atoms with Crippen LogP contribution in [0.3, 0.4) is 0 Å². The van der Waals surface area contributed by atoms with Gasteiger partial charge in [0.15, 0.2) is 0 Å². The Balaban J connectivity index is 2.05. The third-order valence-electron chi connectivity index (χ3n) is 3.27. The molecule has 0 bridgehead atoms. The Labute approximate surface area is 151 Å². The molecule has 0 radical (unpaired) electrons. The maximum atomic E-state index is 12.3. The molecule has 0 aliphatic carbocycles. The lowest BCUT2D eigenvalue weighted by Crippen LogP contribution is -2.34. The van der Waals surface area contributed by atoms with Crippen LogP contribution in [0.4, 0.5) is 0 Å². The molecule has 4 nitrogen and oxygen atoms in total. The van der Waals surface area contributed by atoms with E-state index < -0.39 is 10.0 Å². The summed E-state index contributed by atoms with van der Waals surface area (Å²) in [6, 6.07) is 8.74. The number of benzene rings is 1. The van der Waals surface area contributed by atoms with Crippen LogP contribution in [-0.4, -0.2) is 34.0 Å². The van der Waals surface area contributed by atoms with Crippen LogP contribution in [0, 0.1) is 0 Å². The van der Waals surface area contributed by atoms with Gasteiger partial charge in [-0.1, -0.05) is 29.3 Å². The topological polar surface area (TPSA) is 49.4 Å². The molecule has 23 heavy (non-hydrogen) atoms. The van der Waals surface area contributed by atoms with Gasteiger partial charge in [-0.3, -0.25) is 0 Å². The molecular weight excluding hydrogens is 375 g/mol. The van der Waals surface area contributed by atoms with E-state index in [0.717, 1.165) is 4.88 Å². The van der Waals surface area contributed by atoms with Crippen molar-refractivity contribution in [3.8, 4) is 0 Å². The highest BCUT2D eigenvalue weighted by molar-refractivity contribution is 7.88. The van der Waals surface area contributed by atoms with Crippen molar-refractivity contribution in [3.05, 3.63) is 56.2 Å². The number of hydrogen-bond acceptors (Lipinski definition) is 4. The molecule has 2 aromatic rings. The standard InChI is InChI=1S/C15H18Cl2N2O2S2/c1-19(2)14(15-4-3-5-22-15)9-18-23(20,21)10-11-6-12(16)8-13(17)7-11/h3-8,14,18H,9-10H2,1-2H3/t14-/m1/s1. The number of sulfonamides is 1. The summed E-state index contributed by atoms with van der Waals surface area (Å²) in [6.45, 7) is 0.310. The summed E-state index contributed by atoms with van der Waals surface area (Å²) in [5, 5.41) is 2.83. The molecule has 0 amide bonds. The molecule has 0 spiro atoms. The van der Waals surface area contributed by atoms with Gasteiger partial charge in [0.1, 0.15) is 0 Å². The van der Waals surface area contributed by atoms with Crippen molar-refractivity contribution >= 4 is 44.6 Å².